The molecule has 13 nitrogen and oxygen atoms in total. The molecule has 1 aromatic rings. The molecule has 2 N–H and O–H groups in total. The van der Waals surface area contributed by atoms with Crippen LogP contribution < -0.4 is 10.6 Å². The summed E-state index contributed by atoms with van der Waals surface area (Å²) in [6.45, 7) is 0.0557. The highest BCUT2D eigenvalue weighted by atomic mass is 35.5. The Balaban J connectivity index is 1.16. The molecule has 3 heterocycles. The van der Waals surface area contributed by atoms with E-state index in [1.54, 1.807) is 18.2 Å². The van der Waals surface area contributed by atoms with Crippen LogP contribution in [0.15, 0.2) is 30.4 Å². The van der Waals surface area contributed by atoms with E-state index in [0.29, 0.717) is 47.9 Å². The van der Waals surface area contributed by atoms with Crippen LogP contribution in [0.3, 0.4) is 0 Å². The fraction of sp³-hybridized carbons (Fsp3) is 0.639. The van der Waals surface area contributed by atoms with Gasteiger partial charge >= 0.3 is 12.3 Å². The summed E-state index contributed by atoms with van der Waals surface area (Å²) in [6, 6.07) is 2.50. The molecule has 294 valence electrons. The molecule has 0 bridgehead atoms. The summed E-state index contributed by atoms with van der Waals surface area (Å²) in [4.78, 5) is 71.7. The number of carbonyl (C=O) groups is 5. The lowest BCUT2D eigenvalue weighted by atomic mass is 10.0. The first-order valence-corrected chi connectivity index (χ1v) is 20.3. The van der Waals surface area contributed by atoms with Crippen molar-refractivity contribution in [3.63, 3.8) is 0 Å². The van der Waals surface area contributed by atoms with E-state index in [1.807, 2.05) is 12.1 Å². The lowest BCUT2D eigenvalue weighted by Gasteiger charge is -2.31. The van der Waals surface area contributed by atoms with Gasteiger partial charge in [0.1, 0.15) is 29.1 Å². The van der Waals surface area contributed by atoms with E-state index in [9.17, 15) is 45.6 Å². The molecule has 5 atom stereocenters. The van der Waals surface area contributed by atoms with Crippen molar-refractivity contribution in [2.45, 2.75) is 119 Å². The number of likely N-dealkylation sites (N-methyl/N-ethyl adjacent to an activating group) is 1. The summed E-state index contributed by atoms with van der Waals surface area (Å²) in [5.41, 5.74) is -2.64. The number of hydrogen-bond acceptors (Lipinski definition) is 8. The molecular formula is C36H43ClF3N5O8S. The predicted octanol–water partition coefficient (Wildman–Crippen LogP) is 3.93. The number of nitrogens with zero attached hydrogens (tertiary/aromatic N) is 3. The van der Waals surface area contributed by atoms with Crippen LogP contribution in [0.1, 0.15) is 81.8 Å². The number of fused-ring (bicyclic) bond motifs is 3. The molecule has 3 saturated carbocycles. The zero-order chi connectivity index (χ0) is 38.8. The van der Waals surface area contributed by atoms with Crippen molar-refractivity contribution in [1.82, 2.24) is 24.7 Å². The minimum absolute atomic E-state index is 0.000810. The van der Waals surface area contributed by atoms with E-state index in [2.05, 4.69) is 10.6 Å². The number of alkyl halides is 3. The number of benzene rings is 1. The Labute approximate surface area is 316 Å². The summed E-state index contributed by atoms with van der Waals surface area (Å²) in [7, 11) is -2.81. The number of carbonyl (C=O) groups excluding carboxylic acids is 5. The summed E-state index contributed by atoms with van der Waals surface area (Å²) in [5, 5.41) is 4.90. The Bertz CT molecular complexity index is 1890. The van der Waals surface area contributed by atoms with E-state index < -0.39 is 99.1 Å². The van der Waals surface area contributed by atoms with Crippen molar-refractivity contribution in [3.8, 4) is 0 Å². The van der Waals surface area contributed by atoms with Crippen molar-refractivity contribution >= 4 is 51.3 Å². The number of sulfonamides is 1. The fourth-order valence-corrected chi connectivity index (χ4v) is 9.75. The van der Waals surface area contributed by atoms with E-state index >= 15 is 0 Å². The third kappa shape index (κ3) is 7.05. The molecular weight excluding hydrogens is 755 g/mol. The Morgan fingerprint density at radius 3 is 2.48 bits per heavy atom. The SMILES string of the molecule is CN(C(=O)[C@@]12C[C@H]1C=CCCCCC[C@H](NC(=O)C1(C(F)(F)F)CC1)C(=O)N1C[C@H](OC(=O)N3Cc4cccc(Cl)c4C3)C[C@H]1C(=O)N2)S(=O)(=O)C1CC1. The maximum atomic E-state index is 14.4. The van der Waals surface area contributed by atoms with Gasteiger partial charge in [-0.05, 0) is 68.6 Å². The van der Waals surface area contributed by atoms with E-state index in [0.717, 1.165) is 23.1 Å². The Morgan fingerprint density at radius 1 is 1.07 bits per heavy atom. The molecule has 0 spiro atoms. The Kier molecular flexibility index (Phi) is 9.97. The van der Waals surface area contributed by atoms with Crippen LogP contribution in [0.2, 0.25) is 5.02 Å². The fourth-order valence-electron chi connectivity index (χ4n) is 7.92. The highest BCUT2D eigenvalue weighted by Gasteiger charge is 2.69. The largest absolute Gasteiger partial charge is 0.444 e. The molecule has 0 radical (unpaired) electrons. The van der Waals surface area contributed by atoms with Gasteiger partial charge in [0, 0.05) is 31.0 Å². The normalized spacial score (nSPS) is 29.5. The van der Waals surface area contributed by atoms with E-state index in [1.165, 1.54) is 4.90 Å². The third-order valence-electron chi connectivity index (χ3n) is 11.7. The zero-order valence-corrected chi connectivity index (χ0v) is 31.3. The van der Waals surface area contributed by atoms with Crippen LogP contribution >= 0.6 is 11.6 Å². The van der Waals surface area contributed by atoms with Gasteiger partial charge < -0.3 is 20.3 Å². The number of rotatable bonds is 6. The second kappa shape index (κ2) is 14.0. The molecule has 0 aromatic heterocycles. The molecule has 54 heavy (non-hydrogen) atoms. The highest BCUT2D eigenvalue weighted by molar-refractivity contribution is 7.90. The second-order valence-corrected chi connectivity index (χ2v) is 18.1. The van der Waals surface area contributed by atoms with Gasteiger partial charge in [0.05, 0.1) is 18.3 Å². The minimum Gasteiger partial charge on any atom is -0.444 e. The molecule has 3 aliphatic carbocycles. The molecule has 3 aliphatic heterocycles. The highest BCUT2D eigenvalue weighted by Crippen LogP contribution is 2.58. The lowest BCUT2D eigenvalue weighted by molar-refractivity contribution is -0.193. The van der Waals surface area contributed by atoms with Gasteiger partial charge in [-0.15, -0.1) is 0 Å². The molecule has 0 unspecified atom stereocenters. The lowest BCUT2D eigenvalue weighted by Crippen LogP contribution is -2.59. The van der Waals surface area contributed by atoms with E-state index in [4.69, 9.17) is 16.3 Å². The van der Waals surface area contributed by atoms with Crippen LogP contribution in [0, 0.1) is 11.3 Å². The number of amides is 5. The first kappa shape index (κ1) is 38.4. The summed E-state index contributed by atoms with van der Waals surface area (Å²) in [6.07, 6.45) is -0.959. The second-order valence-electron chi connectivity index (χ2n) is 15.4. The summed E-state index contributed by atoms with van der Waals surface area (Å²) >= 11 is 6.33. The van der Waals surface area contributed by atoms with Gasteiger partial charge in [-0.3, -0.25) is 24.1 Å². The first-order valence-electron chi connectivity index (χ1n) is 18.4. The molecule has 1 saturated heterocycles. The van der Waals surface area contributed by atoms with Gasteiger partial charge in [-0.1, -0.05) is 48.7 Å². The first-order chi connectivity index (χ1) is 25.5. The number of hydrogen-bond donors (Lipinski definition) is 2. The topological polar surface area (TPSA) is 162 Å². The van der Waals surface area contributed by atoms with Crippen molar-refractivity contribution in [2.24, 2.45) is 11.3 Å². The van der Waals surface area contributed by atoms with Crippen LogP contribution in [0.4, 0.5) is 18.0 Å². The monoisotopic (exact) mass is 797 g/mol. The van der Waals surface area contributed by atoms with E-state index in [-0.39, 0.29) is 38.9 Å². The van der Waals surface area contributed by atoms with Crippen molar-refractivity contribution in [1.29, 1.82) is 0 Å². The molecule has 6 aliphatic rings. The average molecular weight is 798 g/mol. The van der Waals surface area contributed by atoms with Crippen molar-refractivity contribution < 1.29 is 50.3 Å². The van der Waals surface area contributed by atoms with Crippen LogP contribution in [0.5, 0.6) is 0 Å². The molecule has 4 fully saturated rings. The van der Waals surface area contributed by atoms with Gasteiger partial charge in [-0.25, -0.2) is 17.5 Å². The summed E-state index contributed by atoms with van der Waals surface area (Å²) < 4.78 is 74.5. The standard InChI is InChI=1S/C36H43ClF3N5O8S/c1-43(54(51,52)24-12-13-24)32(49)35-17-22(35)9-5-3-2-4-6-11-27(41-31(48)34(14-15-34)36(38,39)40)30(47)45-19-23(16-28(45)29(46)42-35)53-33(50)44-18-21-8-7-10-26(37)25(21)20-44/h5,7-10,22-24,27-28H,2-4,6,11-20H2,1H3,(H,41,48)(H,42,46)/t22-,23-,27+,28+,35-/m1/s1. The average Bonchev–Trinajstić information content (AvgIpc) is 4.06. The van der Waals surface area contributed by atoms with Crippen LogP contribution in [-0.4, -0.2) is 101 Å². The van der Waals surface area contributed by atoms with Crippen LogP contribution in [-0.2, 0) is 47.0 Å². The quantitative estimate of drug-likeness (QED) is 0.410. The maximum Gasteiger partial charge on any atom is 0.410 e. The maximum absolute atomic E-state index is 14.4. The van der Waals surface area contributed by atoms with Crippen molar-refractivity contribution in [3.05, 3.63) is 46.5 Å². The number of ether oxygens (including phenoxy) is 1. The van der Waals surface area contributed by atoms with Gasteiger partial charge in [0.2, 0.25) is 27.7 Å². The number of allylic oxidation sites excluding steroid dienone is 1. The molecule has 18 heteroatoms. The number of nitrogens with one attached hydrogen (secondary N) is 2. The van der Waals surface area contributed by atoms with Gasteiger partial charge in [0.15, 0.2) is 0 Å². The molecule has 7 rings (SSSR count). The Hall–Kier alpha value is -3.86. The Morgan fingerprint density at radius 2 is 1.81 bits per heavy atom. The predicted molar refractivity (Wildman–Crippen MR) is 187 cm³/mol. The molecule has 1 aromatic carbocycles. The van der Waals surface area contributed by atoms with Crippen molar-refractivity contribution in [2.75, 3.05) is 13.6 Å². The summed E-state index contributed by atoms with van der Waals surface area (Å²) in [5.74, 6) is -4.31. The van der Waals surface area contributed by atoms with Crippen LogP contribution in [0.25, 0.3) is 0 Å². The molecule has 5 amide bonds. The third-order valence-corrected chi connectivity index (χ3v) is 14.3. The zero-order valence-electron chi connectivity index (χ0n) is 29.7. The minimum atomic E-state index is -4.82. The smallest absolute Gasteiger partial charge is 0.410 e. The number of halogens is 4. The van der Waals surface area contributed by atoms with Gasteiger partial charge in [0.25, 0.3) is 5.91 Å². The van der Waals surface area contributed by atoms with Gasteiger partial charge in [-0.2, -0.15) is 13.2 Å².